The molecule has 3 rings (SSSR count). The Bertz CT molecular complexity index is 443. The van der Waals surface area contributed by atoms with Crippen molar-refractivity contribution in [3.8, 4) is 0 Å². The number of carbonyl (C=O) groups excluding carboxylic acids is 1. The second kappa shape index (κ2) is 5.66. The van der Waals surface area contributed by atoms with Crippen LogP contribution in [0.5, 0.6) is 0 Å². The molecule has 0 aromatic carbocycles. The molecule has 1 aromatic heterocycles. The van der Waals surface area contributed by atoms with Crippen LogP contribution >= 0.6 is 23.5 Å². The second-order valence-electron chi connectivity index (χ2n) is 4.83. The lowest BCUT2D eigenvalue weighted by atomic mass is 9.83. The fourth-order valence-electron chi connectivity index (χ4n) is 2.76. The molecule has 2 nitrogen and oxygen atoms in total. The van der Waals surface area contributed by atoms with Gasteiger partial charge in [0.25, 0.3) is 0 Å². The van der Waals surface area contributed by atoms with Crippen LogP contribution in [-0.2, 0) is 11.2 Å². The maximum atomic E-state index is 12.6. The zero-order valence-electron chi connectivity index (χ0n) is 10.3. The van der Waals surface area contributed by atoms with Crippen LogP contribution in [0.2, 0.25) is 0 Å². The van der Waals surface area contributed by atoms with Gasteiger partial charge < -0.3 is 0 Å². The quantitative estimate of drug-likeness (QED) is 0.832. The molecule has 0 radical (unpaired) electrons. The minimum atomic E-state index is 0.0613. The van der Waals surface area contributed by atoms with Crippen LogP contribution < -0.4 is 0 Å². The van der Waals surface area contributed by atoms with Crippen LogP contribution in [0.15, 0.2) is 18.3 Å². The van der Waals surface area contributed by atoms with E-state index in [2.05, 4.69) is 11.1 Å². The topological polar surface area (TPSA) is 30.0 Å². The Balaban J connectivity index is 1.82. The largest absolute Gasteiger partial charge is 0.298 e. The zero-order valence-corrected chi connectivity index (χ0v) is 11.9. The van der Waals surface area contributed by atoms with E-state index in [-0.39, 0.29) is 11.2 Å². The van der Waals surface area contributed by atoms with Crippen molar-refractivity contribution in [3.05, 3.63) is 29.6 Å². The monoisotopic (exact) mass is 279 g/mol. The molecule has 2 unspecified atom stereocenters. The molecule has 2 aliphatic rings. The van der Waals surface area contributed by atoms with Crippen molar-refractivity contribution >= 4 is 29.3 Å². The Morgan fingerprint density at radius 1 is 1.39 bits per heavy atom. The maximum Gasteiger partial charge on any atom is 0.155 e. The predicted octanol–water partition coefficient (Wildman–Crippen LogP) is 2.92. The van der Waals surface area contributed by atoms with Crippen LogP contribution in [0.1, 0.15) is 30.0 Å². The second-order valence-corrected chi connectivity index (χ2v) is 7.29. The standard InChI is InChI=1S/C14H17NOS2/c16-14(12-9-17-7-8-18-12)11-5-1-3-10-4-2-6-15-13(10)11/h2,4,6,11-12H,1,3,5,7-9H2. The summed E-state index contributed by atoms with van der Waals surface area (Å²) in [6.45, 7) is 0. The van der Waals surface area contributed by atoms with Crippen molar-refractivity contribution in [2.75, 3.05) is 17.3 Å². The van der Waals surface area contributed by atoms with Gasteiger partial charge >= 0.3 is 0 Å². The van der Waals surface area contributed by atoms with Gasteiger partial charge in [0.05, 0.1) is 16.9 Å². The molecule has 0 amide bonds. The molecule has 0 N–H and O–H groups in total. The lowest BCUT2D eigenvalue weighted by Crippen LogP contribution is -2.31. The molecule has 1 aliphatic heterocycles. The average Bonchev–Trinajstić information content (AvgIpc) is 2.47. The summed E-state index contributed by atoms with van der Waals surface area (Å²) in [4.78, 5) is 17.1. The van der Waals surface area contributed by atoms with Gasteiger partial charge in [0.1, 0.15) is 0 Å². The third kappa shape index (κ3) is 2.45. The number of pyridine rings is 1. The Hall–Kier alpha value is -0.480. The van der Waals surface area contributed by atoms with Crippen molar-refractivity contribution in [1.82, 2.24) is 4.98 Å². The van der Waals surface area contributed by atoms with Gasteiger partial charge in [-0.3, -0.25) is 9.78 Å². The summed E-state index contributed by atoms with van der Waals surface area (Å²) >= 11 is 3.76. The Morgan fingerprint density at radius 2 is 2.33 bits per heavy atom. The van der Waals surface area contributed by atoms with Crippen LogP contribution in [0.25, 0.3) is 0 Å². The minimum Gasteiger partial charge on any atom is -0.298 e. The number of thioether (sulfide) groups is 2. The summed E-state index contributed by atoms with van der Waals surface area (Å²) in [5.41, 5.74) is 2.35. The van der Waals surface area contributed by atoms with E-state index in [1.807, 2.05) is 35.8 Å². The van der Waals surface area contributed by atoms with Crippen molar-refractivity contribution < 1.29 is 4.79 Å². The molecule has 1 aliphatic carbocycles. The molecule has 2 heterocycles. The van der Waals surface area contributed by atoms with Gasteiger partial charge in [0, 0.05) is 23.5 Å². The van der Waals surface area contributed by atoms with E-state index >= 15 is 0 Å². The van der Waals surface area contributed by atoms with Gasteiger partial charge in [-0.25, -0.2) is 0 Å². The summed E-state index contributed by atoms with van der Waals surface area (Å²) in [6, 6.07) is 4.11. The Morgan fingerprint density at radius 3 is 3.17 bits per heavy atom. The molecule has 1 aromatic rings. The smallest absolute Gasteiger partial charge is 0.155 e. The maximum absolute atomic E-state index is 12.6. The first-order valence-electron chi connectivity index (χ1n) is 6.53. The first kappa shape index (κ1) is 12.5. The van der Waals surface area contributed by atoms with Crippen LogP contribution in [0.4, 0.5) is 0 Å². The molecule has 0 bridgehead atoms. The van der Waals surface area contributed by atoms with Crippen LogP contribution in [-0.4, -0.2) is 33.3 Å². The number of aryl methyl sites for hydroxylation is 1. The van der Waals surface area contributed by atoms with E-state index in [0.29, 0.717) is 5.78 Å². The molecule has 4 heteroatoms. The number of hydrogen-bond acceptors (Lipinski definition) is 4. The van der Waals surface area contributed by atoms with Gasteiger partial charge in [-0.15, -0.1) is 11.8 Å². The summed E-state index contributed by atoms with van der Waals surface area (Å²) in [7, 11) is 0. The molecule has 2 atom stereocenters. The van der Waals surface area contributed by atoms with E-state index in [9.17, 15) is 4.79 Å². The predicted molar refractivity (Wildman–Crippen MR) is 78.5 cm³/mol. The zero-order chi connectivity index (χ0) is 12.4. The normalized spacial score (nSPS) is 27.6. The fraction of sp³-hybridized carbons (Fsp3) is 0.571. The molecule has 1 saturated heterocycles. The SMILES string of the molecule is O=C(C1CSCCS1)C1CCCc2cccnc21. The number of hydrogen-bond donors (Lipinski definition) is 0. The van der Waals surface area contributed by atoms with Crippen molar-refractivity contribution in [2.24, 2.45) is 0 Å². The lowest BCUT2D eigenvalue weighted by molar-refractivity contribution is -0.120. The van der Waals surface area contributed by atoms with Gasteiger partial charge in [-0.1, -0.05) is 6.07 Å². The molecule has 1 fully saturated rings. The summed E-state index contributed by atoms with van der Waals surface area (Å²) in [5, 5.41) is 0.196. The van der Waals surface area contributed by atoms with Crippen molar-refractivity contribution in [3.63, 3.8) is 0 Å². The number of ketones is 1. The summed E-state index contributed by atoms with van der Waals surface area (Å²) in [5.74, 6) is 3.77. The van der Waals surface area contributed by atoms with Gasteiger partial charge in [-0.05, 0) is 30.9 Å². The van der Waals surface area contributed by atoms with Gasteiger partial charge in [-0.2, -0.15) is 11.8 Å². The van der Waals surface area contributed by atoms with E-state index in [0.717, 1.165) is 36.5 Å². The highest BCUT2D eigenvalue weighted by Gasteiger charge is 2.33. The van der Waals surface area contributed by atoms with E-state index in [4.69, 9.17) is 0 Å². The highest BCUT2D eigenvalue weighted by Crippen LogP contribution is 2.35. The van der Waals surface area contributed by atoms with Crippen molar-refractivity contribution in [1.29, 1.82) is 0 Å². The fourth-order valence-corrected chi connectivity index (χ4v) is 5.45. The van der Waals surface area contributed by atoms with Crippen molar-refractivity contribution in [2.45, 2.75) is 30.4 Å². The molecule has 0 saturated carbocycles. The Kier molecular flexibility index (Phi) is 3.94. The first-order valence-corrected chi connectivity index (χ1v) is 8.73. The third-order valence-electron chi connectivity index (χ3n) is 3.67. The summed E-state index contributed by atoms with van der Waals surface area (Å²) < 4.78 is 0. The van der Waals surface area contributed by atoms with Gasteiger partial charge in [0.15, 0.2) is 5.78 Å². The number of fused-ring (bicyclic) bond motifs is 1. The van der Waals surface area contributed by atoms with E-state index in [1.54, 1.807) is 0 Å². The number of aromatic nitrogens is 1. The highest BCUT2D eigenvalue weighted by atomic mass is 32.2. The number of carbonyl (C=O) groups is 1. The Labute approximate surface area is 116 Å². The lowest BCUT2D eigenvalue weighted by Gasteiger charge is -2.28. The number of Topliss-reactive ketones (excluding diaryl/α,β-unsaturated/α-hetero) is 1. The number of rotatable bonds is 2. The third-order valence-corrected chi connectivity index (χ3v) is 6.44. The van der Waals surface area contributed by atoms with Crippen LogP contribution in [0.3, 0.4) is 0 Å². The highest BCUT2D eigenvalue weighted by molar-refractivity contribution is 8.07. The molecular formula is C14H17NOS2. The molecule has 0 spiro atoms. The van der Waals surface area contributed by atoms with Gasteiger partial charge in [0.2, 0.25) is 0 Å². The summed E-state index contributed by atoms with van der Waals surface area (Å²) in [6.07, 6.45) is 5.02. The molecule has 96 valence electrons. The van der Waals surface area contributed by atoms with E-state index < -0.39 is 0 Å². The average molecular weight is 279 g/mol. The van der Waals surface area contributed by atoms with Crippen LogP contribution in [0, 0.1) is 0 Å². The molecule has 18 heavy (non-hydrogen) atoms. The molecular weight excluding hydrogens is 262 g/mol. The minimum absolute atomic E-state index is 0.0613. The van der Waals surface area contributed by atoms with E-state index in [1.165, 1.54) is 11.3 Å². The first-order chi connectivity index (χ1) is 8.86. The number of nitrogens with zero attached hydrogens (tertiary/aromatic N) is 1.